The number of hydrogen-bond donors (Lipinski definition) is 2. The lowest BCUT2D eigenvalue weighted by molar-refractivity contribution is -0.133. The van der Waals surface area contributed by atoms with Gasteiger partial charge in [0.1, 0.15) is 6.04 Å². The Bertz CT molecular complexity index is 459. The fourth-order valence-corrected chi connectivity index (χ4v) is 3.00. The molecule has 0 saturated carbocycles. The maximum Gasteiger partial charge on any atom is 0.245 e. The zero-order valence-corrected chi connectivity index (χ0v) is 11.6. The third kappa shape index (κ3) is 2.64. The number of carbonyl (C=O) groups is 1. The van der Waals surface area contributed by atoms with Crippen molar-refractivity contribution < 1.29 is 9.90 Å². The van der Waals surface area contributed by atoms with Gasteiger partial charge < -0.3 is 15.3 Å². The number of carbonyl (C=O) groups excluding carboxylic acids is 1. The molecule has 2 N–H and O–H groups in total. The molecule has 108 valence electrons. The van der Waals surface area contributed by atoms with Gasteiger partial charge in [-0.15, -0.1) is 0 Å². The number of rotatable bonds is 3. The second-order valence-electron chi connectivity index (χ2n) is 5.45. The second kappa shape index (κ2) is 5.81. The predicted octanol–water partition coefficient (Wildman–Crippen LogP) is 0.160. The van der Waals surface area contributed by atoms with Crippen LogP contribution >= 0.6 is 0 Å². The average Bonchev–Trinajstić information content (AvgIpc) is 2.91. The first-order valence-electron chi connectivity index (χ1n) is 7.24. The van der Waals surface area contributed by atoms with Gasteiger partial charge in [0, 0.05) is 44.8 Å². The maximum atomic E-state index is 12.5. The van der Waals surface area contributed by atoms with Gasteiger partial charge in [-0.25, -0.2) is 0 Å². The Kier molecular flexibility index (Phi) is 3.89. The minimum atomic E-state index is -0.114. The monoisotopic (exact) mass is 275 g/mol. The van der Waals surface area contributed by atoms with Crippen molar-refractivity contribution >= 4 is 11.6 Å². The van der Waals surface area contributed by atoms with Crippen LogP contribution in [0.3, 0.4) is 0 Å². The van der Waals surface area contributed by atoms with Gasteiger partial charge >= 0.3 is 0 Å². The lowest BCUT2D eigenvalue weighted by atomic mass is 10.1. The highest BCUT2D eigenvalue weighted by molar-refractivity contribution is 5.87. The summed E-state index contributed by atoms with van der Waals surface area (Å²) < 4.78 is 0. The topological polar surface area (TPSA) is 55.8 Å². The van der Waals surface area contributed by atoms with Crippen LogP contribution in [0.15, 0.2) is 24.3 Å². The first kappa shape index (κ1) is 13.4. The third-order valence-electron chi connectivity index (χ3n) is 4.17. The highest BCUT2D eigenvalue weighted by Crippen LogP contribution is 2.26. The van der Waals surface area contributed by atoms with E-state index in [1.165, 1.54) is 5.56 Å². The molecule has 0 unspecified atom stereocenters. The number of piperazine rings is 1. The van der Waals surface area contributed by atoms with Crippen molar-refractivity contribution in [3.63, 3.8) is 0 Å². The molecule has 2 aliphatic rings. The Hall–Kier alpha value is -1.59. The molecular formula is C15H21N3O2. The molecule has 1 fully saturated rings. The van der Waals surface area contributed by atoms with E-state index in [1.807, 2.05) is 23.1 Å². The standard InChI is InChI=1S/C15H21N3O2/c19-10-9-17-5-7-18(8-6-17)15(20)14-11-12-3-1-2-4-13(12)16-14/h1-4,14,16,19H,5-11H2/t14-/m0/s1. The minimum absolute atomic E-state index is 0.114. The van der Waals surface area contributed by atoms with E-state index in [1.54, 1.807) is 0 Å². The molecule has 3 rings (SSSR count). The van der Waals surface area contributed by atoms with E-state index in [4.69, 9.17) is 5.11 Å². The van der Waals surface area contributed by atoms with Crippen LogP contribution in [0.4, 0.5) is 5.69 Å². The largest absolute Gasteiger partial charge is 0.395 e. The van der Waals surface area contributed by atoms with Crippen LogP contribution in [0.25, 0.3) is 0 Å². The van der Waals surface area contributed by atoms with Crippen molar-refractivity contribution in [2.75, 3.05) is 44.6 Å². The summed E-state index contributed by atoms with van der Waals surface area (Å²) in [7, 11) is 0. The molecule has 1 amide bonds. The molecule has 1 aromatic carbocycles. The van der Waals surface area contributed by atoms with Crippen LogP contribution in [0, 0.1) is 0 Å². The minimum Gasteiger partial charge on any atom is -0.395 e. The fourth-order valence-electron chi connectivity index (χ4n) is 3.00. The van der Waals surface area contributed by atoms with Crippen molar-refractivity contribution in [2.24, 2.45) is 0 Å². The van der Waals surface area contributed by atoms with Crippen LogP contribution in [0.1, 0.15) is 5.56 Å². The number of nitrogens with one attached hydrogen (secondary N) is 1. The molecule has 20 heavy (non-hydrogen) atoms. The van der Waals surface area contributed by atoms with Crippen molar-refractivity contribution in [2.45, 2.75) is 12.5 Å². The Morgan fingerprint density at radius 2 is 2.00 bits per heavy atom. The number of hydrogen-bond acceptors (Lipinski definition) is 4. The lowest BCUT2D eigenvalue weighted by Crippen LogP contribution is -2.52. The molecule has 0 spiro atoms. The number of amides is 1. The zero-order chi connectivity index (χ0) is 13.9. The van der Waals surface area contributed by atoms with Crippen LogP contribution < -0.4 is 5.32 Å². The number of fused-ring (bicyclic) bond motifs is 1. The predicted molar refractivity (Wildman–Crippen MR) is 77.7 cm³/mol. The number of β-amino-alcohol motifs (C(OH)–C–C–N with tert-alkyl or cyclic N) is 1. The number of benzene rings is 1. The molecule has 2 aliphatic heterocycles. The Morgan fingerprint density at radius 3 is 2.70 bits per heavy atom. The smallest absolute Gasteiger partial charge is 0.245 e. The number of aliphatic hydroxyl groups is 1. The lowest BCUT2D eigenvalue weighted by Gasteiger charge is -2.35. The van der Waals surface area contributed by atoms with E-state index in [-0.39, 0.29) is 18.6 Å². The molecule has 1 aromatic rings. The summed E-state index contributed by atoms with van der Waals surface area (Å²) in [5, 5.41) is 12.3. The maximum absolute atomic E-state index is 12.5. The molecule has 0 aromatic heterocycles. The normalized spacial score (nSPS) is 22.4. The van der Waals surface area contributed by atoms with Crippen molar-refractivity contribution in [1.29, 1.82) is 0 Å². The number of anilines is 1. The van der Waals surface area contributed by atoms with Crippen molar-refractivity contribution in [1.82, 2.24) is 9.80 Å². The van der Waals surface area contributed by atoms with Gasteiger partial charge in [0.25, 0.3) is 0 Å². The number of nitrogens with zero attached hydrogens (tertiary/aromatic N) is 2. The molecule has 5 heteroatoms. The summed E-state index contributed by atoms with van der Waals surface area (Å²) in [5.74, 6) is 0.199. The van der Waals surface area contributed by atoms with Crippen molar-refractivity contribution in [3.8, 4) is 0 Å². The molecule has 0 aliphatic carbocycles. The summed E-state index contributed by atoms with van der Waals surface area (Å²) in [5.41, 5.74) is 2.31. The Balaban J connectivity index is 1.56. The molecular weight excluding hydrogens is 254 g/mol. The second-order valence-corrected chi connectivity index (χ2v) is 5.45. The van der Waals surface area contributed by atoms with Gasteiger partial charge in [-0.05, 0) is 11.6 Å². The molecule has 1 saturated heterocycles. The van der Waals surface area contributed by atoms with E-state index in [9.17, 15) is 4.79 Å². The third-order valence-corrected chi connectivity index (χ3v) is 4.17. The first-order chi connectivity index (χ1) is 9.78. The molecule has 5 nitrogen and oxygen atoms in total. The van der Waals surface area contributed by atoms with Gasteiger partial charge in [-0.3, -0.25) is 9.69 Å². The van der Waals surface area contributed by atoms with Gasteiger partial charge in [-0.1, -0.05) is 18.2 Å². The summed E-state index contributed by atoms with van der Waals surface area (Å²) in [6.45, 7) is 4.11. The van der Waals surface area contributed by atoms with Crippen LogP contribution in [0.5, 0.6) is 0 Å². The fraction of sp³-hybridized carbons (Fsp3) is 0.533. The van der Waals surface area contributed by atoms with Crippen molar-refractivity contribution in [3.05, 3.63) is 29.8 Å². The molecule has 0 radical (unpaired) electrons. The average molecular weight is 275 g/mol. The SMILES string of the molecule is O=C([C@@H]1Cc2ccccc2N1)N1CCN(CCO)CC1. The summed E-state index contributed by atoms with van der Waals surface area (Å²) in [6, 6.07) is 8.00. The van der Waals surface area contributed by atoms with E-state index >= 15 is 0 Å². The highest BCUT2D eigenvalue weighted by Gasteiger charge is 2.31. The summed E-state index contributed by atoms with van der Waals surface area (Å²) >= 11 is 0. The Labute approximate surface area is 119 Å². The van der Waals surface area contributed by atoms with E-state index in [2.05, 4.69) is 16.3 Å². The first-order valence-corrected chi connectivity index (χ1v) is 7.24. The highest BCUT2D eigenvalue weighted by atomic mass is 16.3. The van der Waals surface area contributed by atoms with Crippen LogP contribution in [-0.4, -0.2) is 66.2 Å². The van der Waals surface area contributed by atoms with E-state index in [0.717, 1.165) is 38.3 Å². The van der Waals surface area contributed by atoms with Gasteiger partial charge in [0.05, 0.1) is 6.61 Å². The quantitative estimate of drug-likeness (QED) is 0.825. The molecule has 1 atom stereocenters. The van der Waals surface area contributed by atoms with Gasteiger partial charge in [0.2, 0.25) is 5.91 Å². The zero-order valence-electron chi connectivity index (χ0n) is 11.6. The number of para-hydroxylation sites is 1. The van der Waals surface area contributed by atoms with Gasteiger partial charge in [0.15, 0.2) is 0 Å². The molecule has 2 heterocycles. The Morgan fingerprint density at radius 1 is 1.25 bits per heavy atom. The summed E-state index contributed by atoms with van der Waals surface area (Å²) in [6.07, 6.45) is 0.784. The van der Waals surface area contributed by atoms with Gasteiger partial charge in [-0.2, -0.15) is 0 Å². The van der Waals surface area contributed by atoms with Crippen LogP contribution in [-0.2, 0) is 11.2 Å². The van der Waals surface area contributed by atoms with E-state index < -0.39 is 0 Å². The summed E-state index contributed by atoms with van der Waals surface area (Å²) in [4.78, 5) is 16.7. The van der Waals surface area contributed by atoms with Crippen LogP contribution in [0.2, 0.25) is 0 Å². The molecule has 0 bridgehead atoms. The van der Waals surface area contributed by atoms with E-state index in [0.29, 0.717) is 6.54 Å². The number of aliphatic hydroxyl groups excluding tert-OH is 1.